The van der Waals surface area contributed by atoms with Crippen LogP contribution in [0.15, 0.2) is 0 Å². The summed E-state index contributed by atoms with van der Waals surface area (Å²) >= 11 is 0. The maximum absolute atomic E-state index is 12.4. The Labute approximate surface area is 97.4 Å². The van der Waals surface area contributed by atoms with Gasteiger partial charge in [-0.15, -0.1) is 0 Å². The molecule has 1 saturated heterocycles. The Morgan fingerprint density at radius 2 is 2.06 bits per heavy atom. The summed E-state index contributed by atoms with van der Waals surface area (Å²) in [4.78, 5) is 25.9. The van der Waals surface area contributed by atoms with E-state index in [2.05, 4.69) is 5.32 Å². The molecule has 0 spiro atoms. The van der Waals surface area contributed by atoms with Crippen LogP contribution in [0.3, 0.4) is 0 Å². The number of carbonyl (C=O) groups is 2. The van der Waals surface area contributed by atoms with Crippen LogP contribution < -0.4 is 5.32 Å². The van der Waals surface area contributed by atoms with Crippen LogP contribution in [-0.4, -0.2) is 34.8 Å². The Balaban J connectivity index is 2.99. The van der Waals surface area contributed by atoms with Crippen LogP contribution in [0.4, 0.5) is 0 Å². The Bertz CT molecular complexity index is 291. The first kappa shape index (κ1) is 13.0. The molecule has 1 aliphatic heterocycles. The molecule has 1 fully saturated rings. The minimum Gasteiger partial charge on any atom is -0.342 e. The predicted molar refractivity (Wildman–Crippen MR) is 62.9 cm³/mol. The van der Waals surface area contributed by atoms with Crippen LogP contribution in [0.2, 0.25) is 0 Å². The van der Waals surface area contributed by atoms with Crippen LogP contribution >= 0.6 is 0 Å². The molecule has 1 N–H and O–H groups in total. The molecule has 0 aromatic rings. The van der Waals surface area contributed by atoms with Gasteiger partial charge in [-0.05, 0) is 26.7 Å². The number of nitrogens with zero attached hydrogens (tertiary/aromatic N) is 1. The fourth-order valence-corrected chi connectivity index (χ4v) is 2.11. The number of nitrogens with one attached hydrogen (secondary N) is 1. The Hall–Kier alpha value is -1.06. The largest absolute Gasteiger partial charge is 0.342 e. The van der Waals surface area contributed by atoms with E-state index in [1.54, 1.807) is 0 Å². The van der Waals surface area contributed by atoms with Gasteiger partial charge in [0.05, 0.1) is 0 Å². The van der Waals surface area contributed by atoms with Gasteiger partial charge in [-0.1, -0.05) is 13.8 Å². The van der Waals surface area contributed by atoms with Gasteiger partial charge in [-0.3, -0.25) is 9.59 Å². The lowest BCUT2D eigenvalue weighted by molar-refractivity contribution is -0.139. The third-order valence-electron chi connectivity index (χ3n) is 3.33. The first-order valence-corrected chi connectivity index (χ1v) is 6.06. The topological polar surface area (TPSA) is 49.4 Å². The molecule has 16 heavy (non-hydrogen) atoms. The van der Waals surface area contributed by atoms with Crippen LogP contribution in [-0.2, 0) is 9.59 Å². The predicted octanol–water partition coefficient (Wildman–Crippen LogP) is 1.30. The summed E-state index contributed by atoms with van der Waals surface area (Å²) in [6, 6.07) is 0.000764. The van der Waals surface area contributed by atoms with Gasteiger partial charge in [-0.2, -0.15) is 0 Å². The second-order valence-electron chi connectivity index (χ2n) is 4.79. The first-order chi connectivity index (χ1) is 7.44. The molecular formula is C12H22N2O2. The molecular weight excluding hydrogens is 204 g/mol. The molecule has 2 atom stereocenters. The molecule has 92 valence electrons. The monoisotopic (exact) mass is 226 g/mol. The average Bonchev–Trinajstić information content (AvgIpc) is 2.30. The van der Waals surface area contributed by atoms with Crippen LogP contribution in [0.1, 0.15) is 47.0 Å². The number of rotatable bonds is 3. The Morgan fingerprint density at radius 1 is 1.44 bits per heavy atom. The van der Waals surface area contributed by atoms with Crippen molar-refractivity contribution in [3.8, 4) is 0 Å². The van der Waals surface area contributed by atoms with Crippen molar-refractivity contribution in [3.05, 3.63) is 0 Å². The summed E-state index contributed by atoms with van der Waals surface area (Å²) in [6.45, 7) is 8.45. The van der Waals surface area contributed by atoms with Crippen molar-refractivity contribution in [2.45, 2.75) is 58.5 Å². The maximum atomic E-state index is 12.4. The van der Waals surface area contributed by atoms with Crippen LogP contribution in [0, 0.1) is 0 Å². The van der Waals surface area contributed by atoms with Crippen molar-refractivity contribution in [3.63, 3.8) is 0 Å². The van der Waals surface area contributed by atoms with Gasteiger partial charge in [0.1, 0.15) is 5.54 Å². The zero-order valence-corrected chi connectivity index (χ0v) is 10.7. The minimum atomic E-state index is -0.725. The van der Waals surface area contributed by atoms with Crippen molar-refractivity contribution in [2.24, 2.45) is 0 Å². The number of hydrogen-bond donors (Lipinski definition) is 1. The molecule has 0 aliphatic carbocycles. The van der Waals surface area contributed by atoms with Gasteiger partial charge in [0.2, 0.25) is 11.8 Å². The summed E-state index contributed by atoms with van der Waals surface area (Å²) < 4.78 is 0. The van der Waals surface area contributed by atoms with E-state index in [1.807, 2.05) is 32.6 Å². The fourth-order valence-electron chi connectivity index (χ4n) is 2.11. The summed E-state index contributed by atoms with van der Waals surface area (Å²) in [7, 11) is 0. The first-order valence-electron chi connectivity index (χ1n) is 6.06. The van der Waals surface area contributed by atoms with E-state index in [9.17, 15) is 9.59 Å². The molecule has 2 unspecified atom stereocenters. The highest BCUT2D eigenvalue weighted by Gasteiger charge is 2.41. The van der Waals surface area contributed by atoms with Crippen molar-refractivity contribution in [1.29, 1.82) is 0 Å². The summed E-state index contributed by atoms with van der Waals surface area (Å²) in [6.07, 6.45) is 1.95. The van der Waals surface area contributed by atoms with E-state index in [0.29, 0.717) is 12.8 Å². The fraction of sp³-hybridized carbons (Fsp3) is 0.833. The lowest BCUT2D eigenvalue weighted by atomic mass is 9.97. The molecule has 0 radical (unpaired) electrons. The van der Waals surface area contributed by atoms with Gasteiger partial charge in [-0.25, -0.2) is 0 Å². The molecule has 0 saturated carbocycles. The molecule has 4 heteroatoms. The molecule has 2 amide bonds. The molecule has 4 nitrogen and oxygen atoms in total. The zero-order chi connectivity index (χ0) is 12.3. The van der Waals surface area contributed by atoms with Crippen molar-refractivity contribution < 1.29 is 9.59 Å². The third-order valence-corrected chi connectivity index (χ3v) is 3.33. The maximum Gasteiger partial charge on any atom is 0.248 e. The van der Waals surface area contributed by atoms with E-state index in [4.69, 9.17) is 0 Å². The van der Waals surface area contributed by atoms with Gasteiger partial charge in [0.15, 0.2) is 0 Å². The van der Waals surface area contributed by atoms with Crippen molar-refractivity contribution >= 4 is 11.8 Å². The van der Waals surface area contributed by atoms with E-state index < -0.39 is 5.54 Å². The highest BCUT2D eigenvalue weighted by atomic mass is 16.2. The van der Waals surface area contributed by atoms with E-state index in [1.165, 1.54) is 0 Å². The SMILES string of the molecule is CCCN1C(=O)C(C)(CC)NC(=O)CC1C. The third kappa shape index (κ3) is 2.36. The van der Waals surface area contributed by atoms with Crippen molar-refractivity contribution in [2.75, 3.05) is 6.54 Å². The molecule has 0 bridgehead atoms. The lowest BCUT2D eigenvalue weighted by Crippen LogP contribution is -2.55. The van der Waals surface area contributed by atoms with E-state index >= 15 is 0 Å². The van der Waals surface area contributed by atoms with Gasteiger partial charge < -0.3 is 10.2 Å². The average molecular weight is 226 g/mol. The highest BCUT2D eigenvalue weighted by Crippen LogP contribution is 2.21. The number of amides is 2. The number of hydrogen-bond acceptors (Lipinski definition) is 2. The van der Waals surface area contributed by atoms with E-state index in [-0.39, 0.29) is 17.9 Å². The Morgan fingerprint density at radius 3 is 2.56 bits per heavy atom. The molecule has 1 rings (SSSR count). The quantitative estimate of drug-likeness (QED) is 0.788. The molecule has 1 aliphatic rings. The van der Waals surface area contributed by atoms with Gasteiger partial charge >= 0.3 is 0 Å². The summed E-state index contributed by atoms with van der Waals surface area (Å²) in [5.41, 5.74) is -0.725. The lowest BCUT2D eigenvalue weighted by Gasteiger charge is -2.33. The van der Waals surface area contributed by atoms with Crippen molar-refractivity contribution in [1.82, 2.24) is 10.2 Å². The van der Waals surface area contributed by atoms with Crippen LogP contribution in [0.5, 0.6) is 0 Å². The summed E-state index contributed by atoms with van der Waals surface area (Å²) in [5, 5.41) is 2.84. The molecule has 0 aromatic heterocycles. The second-order valence-corrected chi connectivity index (χ2v) is 4.79. The zero-order valence-electron chi connectivity index (χ0n) is 10.7. The van der Waals surface area contributed by atoms with E-state index in [0.717, 1.165) is 13.0 Å². The summed E-state index contributed by atoms with van der Waals surface area (Å²) in [5.74, 6) is 0.0269. The number of carbonyl (C=O) groups excluding carboxylic acids is 2. The standard InChI is InChI=1S/C12H22N2O2/c1-5-7-14-9(3)8-10(15)13-12(4,6-2)11(14)16/h9H,5-8H2,1-4H3,(H,13,15). The van der Waals surface area contributed by atoms with Gasteiger partial charge in [0, 0.05) is 19.0 Å². The van der Waals surface area contributed by atoms with Gasteiger partial charge in [0.25, 0.3) is 0 Å². The highest BCUT2D eigenvalue weighted by molar-refractivity contribution is 5.93. The minimum absolute atomic E-state index is 0.000764. The molecule has 0 aromatic carbocycles. The Kier molecular flexibility index (Phi) is 3.94. The smallest absolute Gasteiger partial charge is 0.248 e. The molecule has 1 heterocycles. The van der Waals surface area contributed by atoms with Crippen LogP contribution in [0.25, 0.3) is 0 Å². The second kappa shape index (κ2) is 4.85. The normalized spacial score (nSPS) is 31.2.